The van der Waals surface area contributed by atoms with Gasteiger partial charge in [-0.2, -0.15) is 0 Å². The van der Waals surface area contributed by atoms with E-state index in [1.54, 1.807) is 0 Å². The molecule has 1 saturated heterocycles. The topological polar surface area (TPSA) is 215 Å². The Labute approximate surface area is 249 Å². The molecule has 15 nitrogen and oxygen atoms in total. The van der Waals surface area contributed by atoms with Gasteiger partial charge in [-0.3, -0.25) is 28.5 Å². The van der Waals surface area contributed by atoms with Crippen molar-refractivity contribution in [1.29, 1.82) is 0 Å². The monoisotopic (exact) mass is 630 g/mol. The fourth-order valence-corrected chi connectivity index (χ4v) is 5.10. The largest absolute Gasteiger partial charge is 0.756 e. The molecule has 5 unspecified atom stereocenters. The first-order chi connectivity index (χ1) is 20.4. The number of hydrogen-bond acceptors (Lipinski definition) is 12. The number of aliphatic hydroxyl groups excluding tert-OH is 1. The lowest BCUT2D eigenvalue weighted by atomic mass is 10.0. The molecule has 0 aliphatic carbocycles. The highest BCUT2D eigenvalue weighted by Crippen LogP contribution is 2.44. The van der Waals surface area contributed by atoms with Crippen LogP contribution in [0.3, 0.4) is 0 Å². The lowest BCUT2D eigenvalue weighted by molar-refractivity contribution is -0.231. The minimum Gasteiger partial charge on any atom is -0.756 e. The lowest BCUT2D eigenvalue weighted by Crippen LogP contribution is -2.40. The maximum atomic E-state index is 12.5. The first-order valence-electron chi connectivity index (χ1n) is 14.1. The van der Waals surface area contributed by atoms with Crippen molar-refractivity contribution in [2.24, 2.45) is 0 Å². The van der Waals surface area contributed by atoms with Crippen LogP contribution < -0.4 is 21.5 Å². The van der Waals surface area contributed by atoms with Crippen LogP contribution in [0.2, 0.25) is 0 Å². The van der Waals surface area contributed by atoms with Crippen LogP contribution in [0, 0.1) is 0 Å². The van der Waals surface area contributed by atoms with E-state index in [2.05, 4.69) is 14.8 Å². The molecule has 16 heteroatoms. The molecule has 1 aliphatic heterocycles. The van der Waals surface area contributed by atoms with Gasteiger partial charge in [0.2, 0.25) is 5.91 Å². The molecule has 43 heavy (non-hydrogen) atoms. The Morgan fingerprint density at radius 1 is 1.12 bits per heavy atom. The van der Waals surface area contributed by atoms with Crippen molar-refractivity contribution >= 4 is 31.4 Å². The fraction of sp³-hybridized carbons (Fsp3) is 0.667. The predicted octanol–water partition coefficient (Wildman–Crippen LogP) is 0.740. The van der Waals surface area contributed by atoms with Gasteiger partial charge in [-0.15, -0.1) is 0 Å². The molecule has 1 aliphatic rings. The average molecular weight is 631 g/mol. The summed E-state index contributed by atoms with van der Waals surface area (Å²) in [5.74, 6) is -0.203. The molecule has 0 spiro atoms. The van der Waals surface area contributed by atoms with Gasteiger partial charge in [0.05, 0.1) is 12.2 Å². The first-order valence-corrected chi connectivity index (χ1v) is 15.5. The van der Waals surface area contributed by atoms with Crippen molar-refractivity contribution in [3.05, 3.63) is 38.7 Å². The Morgan fingerprint density at radius 3 is 2.47 bits per heavy atom. The molecule has 0 aromatic carbocycles. The molecule has 0 bridgehead atoms. The molecule has 5 atom stereocenters. The number of carbonyl (C=O) groups is 3. The van der Waals surface area contributed by atoms with Crippen molar-refractivity contribution in [1.82, 2.24) is 14.9 Å². The van der Waals surface area contributed by atoms with E-state index in [1.165, 1.54) is 20.1 Å². The molecule has 3 N–H and O–H groups in total. The van der Waals surface area contributed by atoms with Gasteiger partial charge in [0, 0.05) is 52.3 Å². The predicted molar refractivity (Wildman–Crippen MR) is 152 cm³/mol. The van der Waals surface area contributed by atoms with Gasteiger partial charge in [-0.05, 0) is 32.3 Å². The Hall–Kier alpha value is -2.78. The van der Waals surface area contributed by atoms with Crippen molar-refractivity contribution in [3.63, 3.8) is 0 Å². The number of hydrogen-bond donors (Lipinski definition) is 3. The number of aromatic amines is 1. The van der Waals surface area contributed by atoms with Crippen molar-refractivity contribution in [2.45, 2.75) is 89.3 Å². The molecular formula is C27H41N3O12P-. The molecule has 2 heterocycles. The SMILES string of the molecule is COCC1OC(n2cc(/C=C/C(=O)NCCCCCCCC(=O)CCCC(C)=O)c(=O)[nH]c2=O)C(O)C1OP(=O)([O-])OC. The Kier molecular flexibility index (Phi) is 15.3. The maximum Gasteiger partial charge on any atom is 0.330 e. The molecule has 242 valence electrons. The van der Waals surface area contributed by atoms with Gasteiger partial charge < -0.3 is 38.6 Å². The number of unbranched alkanes of at least 4 members (excludes halogenated alkanes) is 4. The number of carbonyl (C=O) groups excluding carboxylic acids is 3. The molecule has 1 amide bonds. The quantitative estimate of drug-likeness (QED) is 0.103. The second kappa shape index (κ2) is 18.1. The van der Waals surface area contributed by atoms with Crippen LogP contribution in [-0.2, 0) is 37.5 Å². The number of Topliss-reactive ketones (excluding diaryl/α,β-unsaturated/α-hetero) is 2. The van der Waals surface area contributed by atoms with Gasteiger partial charge in [0.25, 0.3) is 13.4 Å². The second-order valence-electron chi connectivity index (χ2n) is 10.2. The van der Waals surface area contributed by atoms with E-state index in [0.717, 1.165) is 56.1 Å². The van der Waals surface area contributed by atoms with E-state index < -0.39 is 49.5 Å². The van der Waals surface area contributed by atoms with Crippen LogP contribution in [0.4, 0.5) is 0 Å². The normalized spacial score (nSPS) is 21.6. The smallest absolute Gasteiger partial charge is 0.330 e. The van der Waals surface area contributed by atoms with E-state index in [9.17, 15) is 38.5 Å². The first kappa shape index (κ1) is 36.4. The molecule has 1 aromatic heterocycles. The molecule has 1 fully saturated rings. The summed E-state index contributed by atoms with van der Waals surface area (Å²) >= 11 is 0. The molecular weight excluding hydrogens is 589 g/mol. The van der Waals surface area contributed by atoms with Crippen LogP contribution in [0.15, 0.2) is 21.9 Å². The summed E-state index contributed by atoms with van der Waals surface area (Å²) in [7, 11) is -2.58. The van der Waals surface area contributed by atoms with Crippen LogP contribution in [0.5, 0.6) is 0 Å². The molecule has 0 saturated carbocycles. The van der Waals surface area contributed by atoms with Crippen LogP contribution in [-0.4, -0.2) is 77.8 Å². The third-order valence-corrected chi connectivity index (χ3v) is 7.66. The van der Waals surface area contributed by atoms with E-state index >= 15 is 0 Å². The minimum absolute atomic E-state index is 0.0908. The van der Waals surface area contributed by atoms with Crippen molar-refractivity contribution in [2.75, 3.05) is 27.4 Å². The number of aromatic nitrogens is 2. The lowest BCUT2D eigenvalue weighted by Gasteiger charge is -2.28. The van der Waals surface area contributed by atoms with E-state index in [0.29, 0.717) is 32.2 Å². The van der Waals surface area contributed by atoms with Gasteiger partial charge >= 0.3 is 5.69 Å². The van der Waals surface area contributed by atoms with E-state index in [4.69, 9.17) is 14.0 Å². The minimum atomic E-state index is -4.79. The molecule has 1 aromatic rings. The summed E-state index contributed by atoms with van der Waals surface area (Å²) in [4.78, 5) is 73.7. The summed E-state index contributed by atoms with van der Waals surface area (Å²) in [6.07, 6.45) is 3.87. The number of nitrogens with one attached hydrogen (secondary N) is 2. The summed E-state index contributed by atoms with van der Waals surface area (Å²) in [5.41, 5.74) is -1.83. The van der Waals surface area contributed by atoms with Gasteiger partial charge in [0.15, 0.2) is 6.23 Å². The zero-order valence-electron chi connectivity index (χ0n) is 24.7. The summed E-state index contributed by atoms with van der Waals surface area (Å²) in [6.45, 7) is 1.73. The summed E-state index contributed by atoms with van der Waals surface area (Å²) in [6, 6.07) is 0. The van der Waals surface area contributed by atoms with Crippen LogP contribution in [0.1, 0.15) is 76.5 Å². The molecule has 0 radical (unpaired) electrons. The number of H-pyrrole nitrogens is 1. The highest BCUT2D eigenvalue weighted by atomic mass is 31.2. The Bertz CT molecular complexity index is 1280. The Morgan fingerprint density at radius 2 is 1.79 bits per heavy atom. The Balaban J connectivity index is 1.86. The van der Waals surface area contributed by atoms with Gasteiger partial charge in [-0.25, -0.2) is 4.79 Å². The van der Waals surface area contributed by atoms with Crippen molar-refractivity contribution < 1.29 is 47.5 Å². The maximum absolute atomic E-state index is 12.5. The van der Waals surface area contributed by atoms with Crippen molar-refractivity contribution in [3.8, 4) is 0 Å². The average Bonchev–Trinajstić information content (AvgIpc) is 3.23. The number of ether oxygens (including phenoxy) is 2. The number of amides is 1. The van der Waals surface area contributed by atoms with E-state index in [1.807, 2.05) is 0 Å². The highest BCUT2D eigenvalue weighted by Gasteiger charge is 2.47. The molecule has 2 rings (SSSR count). The third kappa shape index (κ3) is 12.4. The number of phosphoric acid groups is 1. The number of ketones is 2. The summed E-state index contributed by atoms with van der Waals surface area (Å²) in [5, 5.41) is 13.4. The third-order valence-electron chi connectivity index (χ3n) is 6.71. The van der Waals surface area contributed by atoms with Crippen LogP contribution in [0.25, 0.3) is 6.08 Å². The number of phosphoric ester groups is 1. The fourth-order valence-electron chi connectivity index (χ4n) is 4.45. The van der Waals surface area contributed by atoms with Gasteiger partial charge in [-0.1, -0.05) is 19.3 Å². The summed E-state index contributed by atoms with van der Waals surface area (Å²) < 4.78 is 32.5. The highest BCUT2D eigenvalue weighted by molar-refractivity contribution is 7.45. The number of nitrogens with zero attached hydrogens (tertiary/aromatic N) is 1. The van der Waals surface area contributed by atoms with Gasteiger partial charge in [0.1, 0.15) is 29.9 Å². The number of methoxy groups -OCH3 is 1. The number of aliphatic hydroxyl groups is 1. The number of rotatable bonds is 20. The van der Waals surface area contributed by atoms with Crippen LogP contribution >= 0.6 is 7.82 Å². The zero-order chi connectivity index (χ0) is 32.0. The van der Waals surface area contributed by atoms with E-state index in [-0.39, 0.29) is 23.7 Å². The second-order valence-corrected chi connectivity index (χ2v) is 11.7. The standard InChI is InChI=1S/C27H42N3O12P/c1-18(31)10-9-12-20(32)11-7-5-4-6-8-15-28-22(33)14-13-19-16-30(27(36)29-25(19)35)26-23(34)24(21(41-26)17-39-2)42-43(37,38)40-3/h13-14,16,21,23-24,26,34H,4-12,15,17H2,1-3H3,(H,28,33)(H,37,38)(H,29,35,36)/p-1/b14-13+. The zero-order valence-corrected chi connectivity index (χ0v) is 25.5.